The number of hydrogen-bond acceptors (Lipinski definition) is 5. The van der Waals surface area contributed by atoms with Crippen LogP contribution in [0.15, 0.2) is 17.0 Å². The molecule has 1 aromatic carbocycles. The van der Waals surface area contributed by atoms with Crippen LogP contribution >= 0.6 is 23.4 Å². The minimum Gasteiger partial charge on any atom is -0.389 e. The number of rotatable bonds is 1. The van der Waals surface area contributed by atoms with E-state index < -0.39 is 17.4 Å². The van der Waals surface area contributed by atoms with E-state index in [1.807, 2.05) is 18.0 Å². The number of benzene rings is 1. The SMILES string of the molecule is CN1CCSc2c(C(=O)OC(=O)C(C)(C)C)cc(Cl)cc21. The standard InChI is InChI=1S/C15H18ClNO3S/c1-15(2,3)14(19)20-13(18)10-7-9(16)8-11-12(10)21-6-5-17(11)4/h7-8H,5-6H2,1-4H3. The van der Waals surface area contributed by atoms with E-state index >= 15 is 0 Å². The van der Waals surface area contributed by atoms with E-state index in [2.05, 4.69) is 0 Å². The fourth-order valence-corrected chi connectivity index (χ4v) is 3.31. The predicted molar refractivity (Wildman–Crippen MR) is 85.3 cm³/mol. The lowest BCUT2D eigenvalue weighted by atomic mass is 9.97. The highest BCUT2D eigenvalue weighted by Crippen LogP contribution is 2.39. The maximum Gasteiger partial charge on any atom is 0.347 e. The summed E-state index contributed by atoms with van der Waals surface area (Å²) in [5.41, 5.74) is 0.527. The molecule has 0 radical (unpaired) electrons. The number of thioether (sulfide) groups is 1. The summed E-state index contributed by atoms with van der Waals surface area (Å²) in [6, 6.07) is 3.39. The van der Waals surface area contributed by atoms with Gasteiger partial charge in [-0.25, -0.2) is 4.79 Å². The summed E-state index contributed by atoms with van der Waals surface area (Å²) < 4.78 is 4.99. The number of anilines is 1. The Labute approximate surface area is 133 Å². The van der Waals surface area contributed by atoms with Gasteiger partial charge in [-0.05, 0) is 32.9 Å². The topological polar surface area (TPSA) is 46.6 Å². The normalized spacial score (nSPS) is 14.6. The van der Waals surface area contributed by atoms with Crippen LogP contribution in [0.25, 0.3) is 0 Å². The van der Waals surface area contributed by atoms with Crippen molar-refractivity contribution in [3.8, 4) is 0 Å². The minimum atomic E-state index is -0.724. The van der Waals surface area contributed by atoms with E-state index in [1.54, 1.807) is 38.6 Å². The third kappa shape index (κ3) is 3.52. The second-order valence-electron chi connectivity index (χ2n) is 6.00. The number of ether oxygens (including phenoxy) is 1. The summed E-state index contributed by atoms with van der Waals surface area (Å²) >= 11 is 7.67. The summed E-state index contributed by atoms with van der Waals surface area (Å²) in [6.07, 6.45) is 0. The summed E-state index contributed by atoms with van der Waals surface area (Å²) in [5, 5.41) is 0.457. The van der Waals surface area contributed by atoms with Gasteiger partial charge in [-0.3, -0.25) is 4.79 Å². The number of carbonyl (C=O) groups excluding carboxylic acids is 2. The molecule has 0 saturated heterocycles. The van der Waals surface area contributed by atoms with Crippen LogP contribution in [0, 0.1) is 5.41 Å². The Morgan fingerprint density at radius 3 is 2.62 bits per heavy atom. The first-order chi connectivity index (χ1) is 9.70. The summed E-state index contributed by atoms with van der Waals surface area (Å²) in [5.74, 6) is -0.314. The molecule has 4 nitrogen and oxygen atoms in total. The monoisotopic (exact) mass is 327 g/mol. The van der Waals surface area contributed by atoms with E-state index in [0.717, 1.165) is 22.9 Å². The van der Waals surface area contributed by atoms with Crippen molar-refractivity contribution in [3.05, 3.63) is 22.7 Å². The molecule has 0 atom stereocenters. The molecule has 6 heteroatoms. The van der Waals surface area contributed by atoms with Crippen molar-refractivity contribution in [1.29, 1.82) is 0 Å². The highest BCUT2D eigenvalue weighted by molar-refractivity contribution is 7.99. The summed E-state index contributed by atoms with van der Waals surface area (Å²) in [7, 11) is 1.95. The van der Waals surface area contributed by atoms with Crippen LogP contribution in [0.2, 0.25) is 5.02 Å². The van der Waals surface area contributed by atoms with Gasteiger partial charge < -0.3 is 9.64 Å². The lowest BCUT2D eigenvalue weighted by molar-refractivity contribution is -0.146. The third-order valence-electron chi connectivity index (χ3n) is 3.14. The Kier molecular flexibility index (Phi) is 4.54. The van der Waals surface area contributed by atoms with Crippen molar-refractivity contribution >= 4 is 41.0 Å². The number of fused-ring (bicyclic) bond motifs is 1. The van der Waals surface area contributed by atoms with Gasteiger partial charge in [0.15, 0.2) is 0 Å². The largest absolute Gasteiger partial charge is 0.389 e. The molecule has 1 heterocycles. The van der Waals surface area contributed by atoms with E-state index in [1.165, 1.54) is 0 Å². The van der Waals surface area contributed by atoms with Gasteiger partial charge in [0, 0.05) is 29.3 Å². The van der Waals surface area contributed by atoms with Crippen LogP contribution in [-0.2, 0) is 9.53 Å². The van der Waals surface area contributed by atoms with Crippen molar-refractivity contribution in [2.45, 2.75) is 25.7 Å². The zero-order chi connectivity index (χ0) is 15.8. The number of esters is 2. The smallest absolute Gasteiger partial charge is 0.347 e. The molecular weight excluding hydrogens is 310 g/mol. The van der Waals surface area contributed by atoms with E-state index in [4.69, 9.17) is 16.3 Å². The molecule has 0 N–H and O–H groups in total. The maximum absolute atomic E-state index is 12.3. The maximum atomic E-state index is 12.3. The van der Waals surface area contributed by atoms with E-state index in [0.29, 0.717) is 10.6 Å². The molecule has 1 aliphatic rings. The Hall–Kier alpha value is -1.20. The summed E-state index contributed by atoms with van der Waals surface area (Å²) in [4.78, 5) is 27.0. The Bertz CT molecular complexity index is 595. The van der Waals surface area contributed by atoms with Gasteiger partial charge in [-0.15, -0.1) is 11.8 Å². The number of hydrogen-bond donors (Lipinski definition) is 0. The predicted octanol–water partition coefficient (Wildman–Crippen LogP) is 3.61. The third-order valence-corrected chi connectivity index (χ3v) is 4.46. The first-order valence-electron chi connectivity index (χ1n) is 6.64. The van der Waals surface area contributed by atoms with Gasteiger partial charge in [-0.1, -0.05) is 11.6 Å². The molecule has 21 heavy (non-hydrogen) atoms. The van der Waals surface area contributed by atoms with Gasteiger partial charge in [0.05, 0.1) is 16.7 Å². The van der Waals surface area contributed by atoms with Crippen molar-refractivity contribution < 1.29 is 14.3 Å². The van der Waals surface area contributed by atoms with Gasteiger partial charge in [0.1, 0.15) is 0 Å². The van der Waals surface area contributed by atoms with E-state index in [9.17, 15) is 9.59 Å². The fraction of sp³-hybridized carbons (Fsp3) is 0.467. The van der Waals surface area contributed by atoms with Crippen molar-refractivity contribution in [3.63, 3.8) is 0 Å². The molecule has 0 amide bonds. The lowest BCUT2D eigenvalue weighted by Gasteiger charge is -2.28. The molecule has 2 rings (SSSR count). The highest BCUT2D eigenvalue weighted by atomic mass is 35.5. The first kappa shape index (κ1) is 16.2. The molecule has 0 aliphatic carbocycles. The van der Waals surface area contributed by atoms with Gasteiger partial charge in [0.2, 0.25) is 0 Å². The van der Waals surface area contributed by atoms with Crippen molar-refractivity contribution in [2.24, 2.45) is 5.41 Å². The second-order valence-corrected chi connectivity index (χ2v) is 7.54. The average Bonchev–Trinajstić information content (AvgIpc) is 2.37. The number of carbonyl (C=O) groups is 2. The molecule has 114 valence electrons. The minimum absolute atomic E-state index is 0.353. The van der Waals surface area contributed by atoms with Crippen molar-refractivity contribution in [2.75, 3.05) is 24.2 Å². The molecule has 0 saturated carbocycles. The zero-order valence-electron chi connectivity index (χ0n) is 12.5. The van der Waals surface area contributed by atoms with Gasteiger partial charge >= 0.3 is 11.9 Å². The van der Waals surface area contributed by atoms with Crippen LogP contribution in [0.1, 0.15) is 31.1 Å². The van der Waals surface area contributed by atoms with E-state index in [-0.39, 0.29) is 0 Å². The number of nitrogens with zero attached hydrogens (tertiary/aromatic N) is 1. The molecule has 0 fully saturated rings. The van der Waals surface area contributed by atoms with Crippen molar-refractivity contribution in [1.82, 2.24) is 0 Å². The molecule has 0 aromatic heterocycles. The van der Waals surface area contributed by atoms with Gasteiger partial charge in [-0.2, -0.15) is 0 Å². The Morgan fingerprint density at radius 1 is 1.33 bits per heavy atom. The average molecular weight is 328 g/mol. The molecular formula is C15H18ClNO3S. The Morgan fingerprint density at radius 2 is 2.00 bits per heavy atom. The van der Waals surface area contributed by atoms with Crippen LogP contribution in [0.4, 0.5) is 5.69 Å². The molecule has 0 unspecified atom stereocenters. The van der Waals surface area contributed by atoms with Crippen LogP contribution in [0.5, 0.6) is 0 Å². The van der Waals surface area contributed by atoms with Gasteiger partial charge in [0.25, 0.3) is 0 Å². The molecule has 1 aliphatic heterocycles. The first-order valence-corrected chi connectivity index (χ1v) is 8.00. The molecule has 0 bridgehead atoms. The van der Waals surface area contributed by atoms with Crippen LogP contribution in [-0.4, -0.2) is 31.3 Å². The lowest BCUT2D eigenvalue weighted by Crippen LogP contribution is -2.28. The zero-order valence-corrected chi connectivity index (χ0v) is 14.1. The molecule has 0 spiro atoms. The highest BCUT2D eigenvalue weighted by Gasteiger charge is 2.29. The Balaban J connectivity index is 2.36. The van der Waals surface area contributed by atoms with Crippen LogP contribution in [0.3, 0.4) is 0 Å². The fourth-order valence-electron chi connectivity index (χ4n) is 1.86. The second kappa shape index (κ2) is 5.89. The quantitative estimate of drug-likeness (QED) is 0.582. The number of halogens is 1. The molecule has 1 aromatic rings. The summed E-state index contributed by atoms with van der Waals surface area (Å²) in [6.45, 7) is 6.00. The van der Waals surface area contributed by atoms with Crippen LogP contribution < -0.4 is 4.90 Å².